The molecule has 0 fully saturated rings. The number of thiazole rings is 1. The van der Waals surface area contributed by atoms with Gasteiger partial charge in [-0.05, 0) is 11.5 Å². The molecule has 100 valence electrons. The third-order valence-electron chi connectivity index (χ3n) is 2.81. The van der Waals surface area contributed by atoms with Crippen LogP contribution in [0.3, 0.4) is 0 Å². The molecule has 0 saturated heterocycles. The van der Waals surface area contributed by atoms with Crippen LogP contribution in [-0.4, -0.2) is 10.9 Å². The molecule has 0 bridgehead atoms. The van der Waals surface area contributed by atoms with Gasteiger partial charge in [-0.3, -0.25) is 4.79 Å². The summed E-state index contributed by atoms with van der Waals surface area (Å²) in [4.78, 5) is 16.3. The Hall–Kier alpha value is -1.68. The Bertz CT molecular complexity index is 534. The van der Waals surface area contributed by atoms with E-state index in [2.05, 4.69) is 29.5 Å². The van der Waals surface area contributed by atoms with E-state index < -0.39 is 0 Å². The van der Waals surface area contributed by atoms with E-state index in [0.717, 1.165) is 16.3 Å². The number of amides is 1. The fourth-order valence-corrected chi connectivity index (χ4v) is 2.58. The minimum absolute atomic E-state index is 0.0347. The maximum absolute atomic E-state index is 11.8. The number of carbonyl (C=O) groups excluding carboxylic acids is 1. The van der Waals surface area contributed by atoms with Gasteiger partial charge in [-0.15, -0.1) is 11.3 Å². The number of carbonyl (C=O) groups is 1. The van der Waals surface area contributed by atoms with Gasteiger partial charge in [0.2, 0.25) is 5.91 Å². The van der Waals surface area contributed by atoms with Gasteiger partial charge in [0.25, 0.3) is 0 Å². The average molecular weight is 274 g/mol. The molecule has 0 aliphatic carbocycles. The summed E-state index contributed by atoms with van der Waals surface area (Å²) in [6, 6.07) is 9.75. The fraction of sp³-hybridized carbons (Fsp3) is 0.333. The average Bonchev–Trinajstić information content (AvgIpc) is 2.86. The van der Waals surface area contributed by atoms with Crippen molar-refractivity contribution in [1.29, 1.82) is 0 Å². The van der Waals surface area contributed by atoms with E-state index in [-0.39, 0.29) is 5.91 Å². The first-order valence-electron chi connectivity index (χ1n) is 6.40. The Labute approximate surface area is 117 Å². The number of aromatic nitrogens is 1. The summed E-state index contributed by atoms with van der Waals surface area (Å²) in [6.45, 7) is 4.75. The van der Waals surface area contributed by atoms with Crippen LogP contribution >= 0.6 is 11.3 Å². The number of rotatable bonds is 5. The van der Waals surface area contributed by atoms with Crippen LogP contribution in [0.25, 0.3) is 0 Å². The summed E-state index contributed by atoms with van der Waals surface area (Å²) in [5.74, 6) is 0.470. The first-order chi connectivity index (χ1) is 9.15. The lowest BCUT2D eigenvalue weighted by Gasteiger charge is -2.03. The summed E-state index contributed by atoms with van der Waals surface area (Å²) in [7, 11) is 0. The molecule has 0 aliphatic rings. The van der Waals surface area contributed by atoms with Gasteiger partial charge in [-0.2, -0.15) is 0 Å². The number of hydrogen-bond donors (Lipinski definition) is 1. The lowest BCUT2D eigenvalue weighted by atomic mass is 10.1. The number of nitrogens with zero attached hydrogens (tertiary/aromatic N) is 1. The zero-order valence-electron chi connectivity index (χ0n) is 11.2. The Morgan fingerprint density at radius 2 is 2.05 bits per heavy atom. The van der Waals surface area contributed by atoms with Gasteiger partial charge >= 0.3 is 0 Å². The van der Waals surface area contributed by atoms with Gasteiger partial charge in [-0.1, -0.05) is 44.2 Å². The predicted octanol–water partition coefficient (Wildman–Crippen LogP) is 3.13. The smallest absolute Gasteiger partial charge is 0.224 e. The van der Waals surface area contributed by atoms with Crippen LogP contribution in [0.15, 0.2) is 35.7 Å². The summed E-state index contributed by atoms with van der Waals surface area (Å²) < 4.78 is 0. The standard InChI is InChI=1S/C15H18N2OS/c1-11(2)13-10-19-15(17-13)9-16-14(18)8-12-6-4-3-5-7-12/h3-7,10-11H,8-9H2,1-2H3,(H,16,18). The second-order valence-electron chi connectivity index (χ2n) is 4.76. The maximum Gasteiger partial charge on any atom is 0.224 e. The van der Waals surface area contributed by atoms with Gasteiger partial charge in [-0.25, -0.2) is 4.98 Å². The molecule has 0 atom stereocenters. The van der Waals surface area contributed by atoms with Crippen molar-refractivity contribution in [3.8, 4) is 0 Å². The van der Waals surface area contributed by atoms with Crippen molar-refractivity contribution in [2.45, 2.75) is 32.7 Å². The summed E-state index contributed by atoms with van der Waals surface area (Å²) in [5, 5.41) is 5.93. The van der Waals surface area contributed by atoms with Gasteiger partial charge in [0.15, 0.2) is 0 Å². The number of nitrogens with one attached hydrogen (secondary N) is 1. The first-order valence-corrected chi connectivity index (χ1v) is 7.28. The maximum atomic E-state index is 11.8. The molecule has 2 rings (SSSR count). The Balaban J connectivity index is 1.83. The van der Waals surface area contributed by atoms with Crippen molar-refractivity contribution in [3.63, 3.8) is 0 Å². The molecule has 19 heavy (non-hydrogen) atoms. The van der Waals surface area contributed by atoms with Crippen LogP contribution in [-0.2, 0) is 17.8 Å². The molecule has 1 amide bonds. The minimum atomic E-state index is 0.0347. The minimum Gasteiger partial charge on any atom is -0.349 e. The fourth-order valence-electron chi connectivity index (χ4n) is 1.69. The molecule has 1 aromatic heterocycles. The van der Waals surface area contributed by atoms with E-state index in [1.165, 1.54) is 0 Å². The van der Waals surface area contributed by atoms with Crippen LogP contribution in [0.2, 0.25) is 0 Å². The van der Waals surface area contributed by atoms with Crippen LogP contribution in [0.4, 0.5) is 0 Å². The predicted molar refractivity (Wildman–Crippen MR) is 78.2 cm³/mol. The molecule has 0 aliphatic heterocycles. The van der Waals surface area contributed by atoms with Crippen molar-refractivity contribution in [3.05, 3.63) is 52.0 Å². The quantitative estimate of drug-likeness (QED) is 0.910. The molecule has 3 nitrogen and oxygen atoms in total. The summed E-state index contributed by atoms with van der Waals surface area (Å²) in [6.07, 6.45) is 0.420. The van der Waals surface area contributed by atoms with Crippen molar-refractivity contribution >= 4 is 17.2 Å². The van der Waals surface area contributed by atoms with Gasteiger partial charge < -0.3 is 5.32 Å². The highest BCUT2D eigenvalue weighted by Crippen LogP contribution is 2.17. The molecular weight excluding hydrogens is 256 g/mol. The highest BCUT2D eigenvalue weighted by molar-refractivity contribution is 7.09. The van der Waals surface area contributed by atoms with E-state index >= 15 is 0 Å². The van der Waals surface area contributed by atoms with Crippen LogP contribution in [0.5, 0.6) is 0 Å². The number of hydrogen-bond acceptors (Lipinski definition) is 3. The second-order valence-corrected chi connectivity index (χ2v) is 5.70. The highest BCUT2D eigenvalue weighted by atomic mass is 32.1. The van der Waals surface area contributed by atoms with Crippen LogP contribution < -0.4 is 5.32 Å². The number of benzene rings is 1. The highest BCUT2D eigenvalue weighted by Gasteiger charge is 2.07. The molecule has 0 radical (unpaired) electrons. The van der Waals surface area contributed by atoms with E-state index in [9.17, 15) is 4.79 Å². The van der Waals surface area contributed by atoms with E-state index in [0.29, 0.717) is 18.9 Å². The van der Waals surface area contributed by atoms with Crippen LogP contribution in [0, 0.1) is 0 Å². The Morgan fingerprint density at radius 1 is 1.32 bits per heavy atom. The first kappa shape index (κ1) is 13.7. The second kappa shape index (κ2) is 6.48. The molecule has 1 N–H and O–H groups in total. The van der Waals surface area contributed by atoms with Gasteiger partial charge in [0.05, 0.1) is 18.7 Å². The topological polar surface area (TPSA) is 42.0 Å². The summed E-state index contributed by atoms with van der Waals surface area (Å²) >= 11 is 1.60. The van der Waals surface area contributed by atoms with Crippen molar-refractivity contribution in [2.75, 3.05) is 0 Å². The largest absolute Gasteiger partial charge is 0.349 e. The zero-order chi connectivity index (χ0) is 13.7. The molecule has 0 unspecified atom stereocenters. The van der Waals surface area contributed by atoms with Crippen molar-refractivity contribution in [2.24, 2.45) is 0 Å². The molecule has 4 heteroatoms. The van der Waals surface area contributed by atoms with E-state index in [4.69, 9.17) is 0 Å². The Kier molecular flexibility index (Phi) is 4.68. The third kappa shape index (κ3) is 4.17. The molecule has 1 heterocycles. The monoisotopic (exact) mass is 274 g/mol. The van der Waals surface area contributed by atoms with E-state index in [1.54, 1.807) is 11.3 Å². The SMILES string of the molecule is CC(C)c1csc(CNC(=O)Cc2ccccc2)n1. The lowest BCUT2D eigenvalue weighted by molar-refractivity contribution is -0.120. The lowest BCUT2D eigenvalue weighted by Crippen LogP contribution is -2.24. The Morgan fingerprint density at radius 3 is 2.68 bits per heavy atom. The molecule has 0 spiro atoms. The normalized spacial score (nSPS) is 10.7. The van der Waals surface area contributed by atoms with Crippen molar-refractivity contribution < 1.29 is 4.79 Å². The summed E-state index contributed by atoms with van der Waals surface area (Å²) in [5.41, 5.74) is 2.12. The molecule has 2 aromatic rings. The van der Waals surface area contributed by atoms with Gasteiger partial charge in [0, 0.05) is 5.38 Å². The zero-order valence-corrected chi connectivity index (χ0v) is 12.0. The van der Waals surface area contributed by atoms with Gasteiger partial charge in [0.1, 0.15) is 5.01 Å². The molecular formula is C15H18N2OS. The third-order valence-corrected chi connectivity index (χ3v) is 3.67. The van der Waals surface area contributed by atoms with Crippen LogP contribution in [0.1, 0.15) is 36.0 Å². The molecule has 1 aromatic carbocycles. The van der Waals surface area contributed by atoms with E-state index in [1.807, 2.05) is 30.3 Å². The van der Waals surface area contributed by atoms with Crippen molar-refractivity contribution in [1.82, 2.24) is 10.3 Å². The molecule has 0 saturated carbocycles.